The van der Waals surface area contributed by atoms with Gasteiger partial charge >= 0.3 is 6.18 Å². The molecule has 1 aromatic heterocycles. The fraction of sp³-hybridized carbons (Fsp3) is 0.412. The Morgan fingerprint density at radius 1 is 1.35 bits per heavy atom. The molecular weight excluding hydrogens is 385 g/mol. The summed E-state index contributed by atoms with van der Waals surface area (Å²) in [4.78, 5) is 2.14. The Bertz CT molecular complexity index is 807. The molecule has 3 rings (SSSR count). The minimum Gasteiger partial charge on any atom is -0.372 e. The Hall–Kier alpha value is -1.82. The highest BCUT2D eigenvalue weighted by atomic mass is 35.5. The van der Waals surface area contributed by atoms with Crippen LogP contribution in [0.3, 0.4) is 0 Å². The van der Waals surface area contributed by atoms with Crippen molar-refractivity contribution in [3.05, 3.63) is 46.1 Å². The van der Waals surface area contributed by atoms with Gasteiger partial charge in [0.05, 0.1) is 5.56 Å². The summed E-state index contributed by atoms with van der Waals surface area (Å²) in [5.41, 5.74) is 0.410. The van der Waals surface area contributed by atoms with E-state index in [-0.39, 0.29) is 11.2 Å². The van der Waals surface area contributed by atoms with E-state index in [9.17, 15) is 13.2 Å². The van der Waals surface area contributed by atoms with Gasteiger partial charge in [-0.1, -0.05) is 29.8 Å². The first-order chi connectivity index (χ1) is 12.4. The Kier molecular flexibility index (Phi) is 5.70. The molecule has 1 aliphatic heterocycles. The molecule has 1 aliphatic rings. The largest absolute Gasteiger partial charge is 0.416 e. The van der Waals surface area contributed by atoms with Crippen molar-refractivity contribution in [1.29, 1.82) is 5.26 Å². The van der Waals surface area contributed by atoms with Crippen LogP contribution in [0.1, 0.15) is 29.5 Å². The second-order valence-electron chi connectivity index (χ2n) is 6.18. The molecule has 1 N–H and O–H groups in total. The van der Waals surface area contributed by atoms with Crippen LogP contribution in [0, 0.1) is 11.3 Å². The zero-order valence-electron chi connectivity index (χ0n) is 13.7. The Morgan fingerprint density at radius 3 is 2.73 bits per heavy atom. The van der Waals surface area contributed by atoms with Gasteiger partial charge in [-0.3, -0.25) is 4.90 Å². The molecule has 0 aliphatic carbocycles. The van der Waals surface area contributed by atoms with Crippen molar-refractivity contribution in [2.45, 2.75) is 31.6 Å². The van der Waals surface area contributed by atoms with Gasteiger partial charge in [-0.05, 0) is 36.0 Å². The molecule has 1 fully saturated rings. The summed E-state index contributed by atoms with van der Waals surface area (Å²) >= 11 is 7.04. The minimum absolute atomic E-state index is 0.191. The summed E-state index contributed by atoms with van der Waals surface area (Å²) in [6.07, 6.45) is -2.65. The number of piperidine rings is 1. The number of hydrogen-bond acceptors (Lipinski definition) is 5. The highest BCUT2D eigenvalue weighted by Crippen LogP contribution is 2.31. The number of nitrogens with zero attached hydrogens (tertiary/aromatic N) is 3. The normalized spacial score (nSPS) is 16.4. The first kappa shape index (κ1) is 19.0. The van der Waals surface area contributed by atoms with Crippen LogP contribution < -0.4 is 5.32 Å². The lowest BCUT2D eigenvalue weighted by atomic mass is 10.0. The Labute approximate surface area is 158 Å². The lowest BCUT2D eigenvalue weighted by molar-refractivity contribution is -0.137. The van der Waals surface area contributed by atoms with Gasteiger partial charge in [0.15, 0.2) is 5.15 Å². The van der Waals surface area contributed by atoms with Crippen molar-refractivity contribution in [1.82, 2.24) is 9.27 Å². The van der Waals surface area contributed by atoms with Gasteiger partial charge < -0.3 is 5.32 Å². The van der Waals surface area contributed by atoms with Crippen LogP contribution in [0.15, 0.2) is 24.3 Å². The summed E-state index contributed by atoms with van der Waals surface area (Å²) < 4.78 is 42.4. The number of nitrogens with one attached hydrogen (secondary N) is 1. The maximum Gasteiger partial charge on any atom is 0.416 e. The molecule has 0 unspecified atom stereocenters. The predicted octanol–water partition coefficient (Wildman–Crippen LogP) is 4.76. The molecule has 4 nitrogen and oxygen atoms in total. The fourth-order valence-electron chi connectivity index (χ4n) is 2.99. The van der Waals surface area contributed by atoms with Crippen LogP contribution in [-0.2, 0) is 12.7 Å². The fourth-order valence-corrected chi connectivity index (χ4v) is 4.00. The van der Waals surface area contributed by atoms with Gasteiger partial charge in [0.2, 0.25) is 0 Å². The van der Waals surface area contributed by atoms with E-state index in [0.29, 0.717) is 22.7 Å². The van der Waals surface area contributed by atoms with Crippen LogP contribution in [0.5, 0.6) is 0 Å². The summed E-state index contributed by atoms with van der Waals surface area (Å²) in [7, 11) is 0. The average molecular weight is 401 g/mol. The molecule has 0 spiro atoms. The summed E-state index contributed by atoms with van der Waals surface area (Å²) in [5, 5.41) is 13.3. The monoisotopic (exact) mass is 400 g/mol. The lowest BCUT2D eigenvalue weighted by Gasteiger charge is -2.32. The number of rotatable bonds is 4. The van der Waals surface area contributed by atoms with E-state index in [4.69, 9.17) is 16.9 Å². The van der Waals surface area contributed by atoms with Gasteiger partial charge in [0, 0.05) is 25.7 Å². The van der Waals surface area contributed by atoms with E-state index >= 15 is 0 Å². The molecule has 0 saturated carbocycles. The Balaban J connectivity index is 1.55. The summed E-state index contributed by atoms with van der Waals surface area (Å²) in [6, 6.07) is 7.70. The number of alkyl halides is 3. The molecule has 26 heavy (non-hydrogen) atoms. The molecule has 138 valence electrons. The lowest BCUT2D eigenvalue weighted by Crippen LogP contribution is -2.38. The molecule has 9 heteroatoms. The van der Waals surface area contributed by atoms with E-state index < -0.39 is 11.7 Å². The van der Waals surface area contributed by atoms with Crippen molar-refractivity contribution in [3.8, 4) is 6.07 Å². The van der Waals surface area contributed by atoms with Crippen molar-refractivity contribution in [2.24, 2.45) is 0 Å². The highest BCUT2D eigenvalue weighted by Gasteiger charge is 2.30. The highest BCUT2D eigenvalue weighted by molar-refractivity contribution is 7.10. The number of anilines is 1. The number of halogens is 4. The van der Waals surface area contributed by atoms with Crippen LogP contribution in [0.4, 0.5) is 18.2 Å². The second-order valence-corrected chi connectivity index (χ2v) is 7.31. The van der Waals surface area contributed by atoms with Crippen LogP contribution in [-0.4, -0.2) is 28.4 Å². The van der Waals surface area contributed by atoms with Gasteiger partial charge in [0.25, 0.3) is 0 Å². The number of aromatic nitrogens is 1. The first-order valence-corrected chi connectivity index (χ1v) is 9.22. The summed E-state index contributed by atoms with van der Waals surface area (Å²) in [5.74, 6) is 0. The molecule has 0 bridgehead atoms. The van der Waals surface area contributed by atoms with E-state index in [0.717, 1.165) is 32.0 Å². The van der Waals surface area contributed by atoms with Gasteiger partial charge in [0.1, 0.15) is 16.6 Å². The topological polar surface area (TPSA) is 52.0 Å². The van der Waals surface area contributed by atoms with Crippen LogP contribution in [0.25, 0.3) is 0 Å². The summed E-state index contributed by atoms with van der Waals surface area (Å²) in [6.45, 7) is 2.02. The van der Waals surface area contributed by atoms with E-state index in [1.54, 1.807) is 6.07 Å². The van der Waals surface area contributed by atoms with Crippen molar-refractivity contribution >= 4 is 28.1 Å². The molecule has 1 saturated heterocycles. The average Bonchev–Trinajstić information content (AvgIpc) is 2.96. The zero-order valence-corrected chi connectivity index (χ0v) is 15.3. The molecular formula is C17H16ClF3N4S. The molecule has 0 radical (unpaired) electrons. The second kappa shape index (κ2) is 7.82. The van der Waals surface area contributed by atoms with Gasteiger partial charge in [-0.15, -0.1) is 0 Å². The van der Waals surface area contributed by atoms with Gasteiger partial charge in [-0.25, -0.2) is 0 Å². The van der Waals surface area contributed by atoms with E-state index in [1.807, 2.05) is 6.07 Å². The third-order valence-electron chi connectivity index (χ3n) is 4.35. The van der Waals surface area contributed by atoms with Crippen molar-refractivity contribution in [3.63, 3.8) is 0 Å². The maximum atomic E-state index is 12.8. The van der Waals surface area contributed by atoms with Crippen LogP contribution in [0.2, 0.25) is 5.15 Å². The molecule has 0 amide bonds. The van der Waals surface area contributed by atoms with E-state index in [2.05, 4.69) is 14.6 Å². The molecule has 2 heterocycles. The smallest absolute Gasteiger partial charge is 0.372 e. The molecule has 2 aromatic rings. The Morgan fingerprint density at radius 2 is 2.08 bits per heavy atom. The van der Waals surface area contributed by atoms with E-state index in [1.165, 1.54) is 23.7 Å². The maximum absolute atomic E-state index is 12.8. The number of likely N-dealkylation sites (tertiary alicyclic amines) is 1. The predicted molar refractivity (Wildman–Crippen MR) is 95.2 cm³/mol. The standard InChI is InChI=1S/C17H16ClF3N4S/c18-15-14(9-22)16(26-24-15)23-13-4-6-25(7-5-13)10-11-2-1-3-12(8-11)17(19,20)21/h1-3,8,13,23H,4-7,10H2. The number of nitriles is 1. The third kappa shape index (κ3) is 4.47. The van der Waals surface area contributed by atoms with Crippen molar-refractivity contribution < 1.29 is 13.2 Å². The quantitative estimate of drug-likeness (QED) is 0.803. The van der Waals surface area contributed by atoms with Crippen molar-refractivity contribution in [2.75, 3.05) is 18.4 Å². The molecule has 0 atom stereocenters. The minimum atomic E-state index is -4.32. The van der Waals surface area contributed by atoms with Gasteiger partial charge in [-0.2, -0.15) is 22.8 Å². The SMILES string of the molecule is N#Cc1c(Cl)nsc1NC1CCN(Cc2cccc(C(F)(F)F)c2)CC1. The first-order valence-electron chi connectivity index (χ1n) is 8.07. The zero-order chi connectivity index (χ0) is 18.7. The number of benzene rings is 1. The van der Waals surface area contributed by atoms with Crippen LogP contribution >= 0.6 is 23.1 Å². The number of hydrogen-bond donors (Lipinski definition) is 1. The third-order valence-corrected chi connectivity index (χ3v) is 5.50. The molecule has 1 aromatic carbocycles.